The van der Waals surface area contributed by atoms with Crippen LogP contribution in [0.5, 0.6) is 0 Å². The number of nitro groups is 2. The molecule has 1 rings (SSSR count). The zero-order chi connectivity index (χ0) is 14.0. The fraction of sp³-hybridized carbons (Fsp3) is 0.300. The Bertz CT molecular complexity index is 537. The van der Waals surface area contributed by atoms with Gasteiger partial charge in [-0.1, -0.05) is 13.8 Å². The van der Waals surface area contributed by atoms with Gasteiger partial charge in [-0.3, -0.25) is 20.2 Å². The molecule has 96 valence electrons. The third-order valence-electron chi connectivity index (χ3n) is 2.39. The second-order valence-corrected chi connectivity index (χ2v) is 3.90. The molecule has 0 saturated carbocycles. The van der Waals surface area contributed by atoms with Crippen molar-refractivity contribution in [1.82, 2.24) is 0 Å². The first-order valence-corrected chi connectivity index (χ1v) is 4.95. The fourth-order valence-electron chi connectivity index (χ4n) is 1.54. The molecule has 0 aliphatic carbocycles. The standard InChI is InChI=1S/C10H10N2O6/c1-5(2)6-3-7(10(13)14)9(12(17)18)4-8(6)11(15)16/h3-5H,1-2H3,(H,13,14). The van der Waals surface area contributed by atoms with Gasteiger partial charge in [-0.25, -0.2) is 4.79 Å². The van der Waals surface area contributed by atoms with E-state index in [2.05, 4.69) is 0 Å². The SMILES string of the molecule is CC(C)c1cc(C(=O)O)c([N+](=O)[O-])cc1[N+](=O)[O-]. The highest BCUT2D eigenvalue weighted by molar-refractivity contribution is 5.93. The number of aromatic carboxylic acids is 1. The highest BCUT2D eigenvalue weighted by Crippen LogP contribution is 2.33. The fourth-order valence-corrected chi connectivity index (χ4v) is 1.54. The van der Waals surface area contributed by atoms with Crippen molar-refractivity contribution in [2.24, 2.45) is 0 Å². The van der Waals surface area contributed by atoms with Crippen molar-refractivity contribution >= 4 is 17.3 Å². The zero-order valence-corrected chi connectivity index (χ0v) is 9.61. The summed E-state index contributed by atoms with van der Waals surface area (Å²) in [5.74, 6) is -1.80. The molecule has 0 radical (unpaired) electrons. The minimum absolute atomic E-state index is 0.156. The first-order chi connectivity index (χ1) is 8.25. The number of hydrogen-bond donors (Lipinski definition) is 1. The van der Waals surface area contributed by atoms with Gasteiger partial charge in [-0.2, -0.15) is 0 Å². The van der Waals surface area contributed by atoms with E-state index in [1.165, 1.54) is 0 Å². The van der Waals surface area contributed by atoms with Gasteiger partial charge >= 0.3 is 5.97 Å². The van der Waals surface area contributed by atoms with Gasteiger partial charge in [0.1, 0.15) is 5.56 Å². The molecule has 8 nitrogen and oxygen atoms in total. The number of carboxylic acids is 1. The van der Waals surface area contributed by atoms with Gasteiger partial charge in [0.15, 0.2) is 0 Å². The topological polar surface area (TPSA) is 124 Å². The third-order valence-corrected chi connectivity index (χ3v) is 2.39. The van der Waals surface area contributed by atoms with Gasteiger partial charge in [-0.15, -0.1) is 0 Å². The maximum absolute atomic E-state index is 10.9. The second kappa shape index (κ2) is 4.78. The van der Waals surface area contributed by atoms with Crippen LogP contribution in [0.1, 0.15) is 35.7 Å². The van der Waals surface area contributed by atoms with E-state index in [1.807, 2.05) is 0 Å². The number of hydrogen-bond acceptors (Lipinski definition) is 5. The maximum atomic E-state index is 10.9. The van der Waals surface area contributed by atoms with Crippen LogP contribution in [-0.4, -0.2) is 20.9 Å². The van der Waals surface area contributed by atoms with Gasteiger partial charge in [0.05, 0.1) is 15.9 Å². The van der Waals surface area contributed by atoms with Crippen LogP contribution in [-0.2, 0) is 0 Å². The van der Waals surface area contributed by atoms with Crippen LogP contribution in [0.15, 0.2) is 12.1 Å². The molecule has 0 fully saturated rings. The number of carbonyl (C=O) groups is 1. The number of benzene rings is 1. The monoisotopic (exact) mass is 254 g/mol. The molecular weight excluding hydrogens is 244 g/mol. The van der Waals surface area contributed by atoms with Gasteiger partial charge in [0, 0.05) is 5.56 Å². The van der Waals surface area contributed by atoms with Crippen LogP contribution in [0.25, 0.3) is 0 Å². The van der Waals surface area contributed by atoms with E-state index in [4.69, 9.17) is 5.11 Å². The van der Waals surface area contributed by atoms with Crippen molar-refractivity contribution in [2.75, 3.05) is 0 Å². The molecule has 0 unspecified atom stereocenters. The maximum Gasteiger partial charge on any atom is 0.342 e. The van der Waals surface area contributed by atoms with E-state index in [9.17, 15) is 25.0 Å². The normalized spacial score (nSPS) is 10.4. The molecule has 0 spiro atoms. The molecule has 0 atom stereocenters. The average molecular weight is 254 g/mol. The van der Waals surface area contributed by atoms with Gasteiger partial charge in [0.25, 0.3) is 11.4 Å². The zero-order valence-electron chi connectivity index (χ0n) is 9.61. The number of nitrogens with zero attached hydrogens (tertiary/aromatic N) is 2. The lowest BCUT2D eigenvalue weighted by Gasteiger charge is -2.08. The van der Waals surface area contributed by atoms with E-state index in [0.29, 0.717) is 6.07 Å². The lowest BCUT2D eigenvalue weighted by molar-refractivity contribution is -0.394. The Hall–Kier alpha value is -2.51. The van der Waals surface area contributed by atoms with E-state index in [-0.39, 0.29) is 11.5 Å². The first kappa shape index (κ1) is 13.6. The molecule has 0 aliphatic rings. The molecule has 0 amide bonds. The summed E-state index contributed by atoms with van der Waals surface area (Å²) >= 11 is 0. The van der Waals surface area contributed by atoms with Crippen LogP contribution >= 0.6 is 0 Å². The van der Waals surface area contributed by atoms with Crippen LogP contribution in [0.2, 0.25) is 0 Å². The Morgan fingerprint density at radius 1 is 1.17 bits per heavy atom. The summed E-state index contributed by atoms with van der Waals surface area (Å²) in [7, 11) is 0. The Morgan fingerprint density at radius 3 is 2.00 bits per heavy atom. The number of nitro benzene ring substituents is 2. The Kier molecular flexibility index (Phi) is 3.60. The van der Waals surface area contributed by atoms with Crippen molar-refractivity contribution < 1.29 is 19.7 Å². The lowest BCUT2D eigenvalue weighted by atomic mass is 9.97. The molecule has 0 aliphatic heterocycles. The predicted molar refractivity (Wildman–Crippen MR) is 60.8 cm³/mol. The van der Waals surface area contributed by atoms with Crippen molar-refractivity contribution in [3.63, 3.8) is 0 Å². The highest BCUT2D eigenvalue weighted by atomic mass is 16.6. The minimum atomic E-state index is -1.49. The molecule has 0 bridgehead atoms. The van der Waals surface area contributed by atoms with Crippen LogP contribution in [0.3, 0.4) is 0 Å². The van der Waals surface area contributed by atoms with Crippen molar-refractivity contribution in [2.45, 2.75) is 19.8 Å². The third kappa shape index (κ3) is 2.42. The summed E-state index contributed by atoms with van der Waals surface area (Å²) in [6.45, 7) is 3.28. The highest BCUT2D eigenvalue weighted by Gasteiger charge is 2.28. The summed E-state index contributed by atoms with van der Waals surface area (Å²) in [4.78, 5) is 30.7. The number of carboxylic acid groups (broad SMARTS) is 1. The number of rotatable bonds is 4. The largest absolute Gasteiger partial charge is 0.477 e. The lowest BCUT2D eigenvalue weighted by Crippen LogP contribution is -2.07. The summed E-state index contributed by atoms with van der Waals surface area (Å²) in [6.07, 6.45) is 0. The Labute approximate surface area is 101 Å². The second-order valence-electron chi connectivity index (χ2n) is 3.90. The molecule has 1 aromatic carbocycles. The minimum Gasteiger partial charge on any atom is -0.477 e. The van der Waals surface area contributed by atoms with E-state index in [0.717, 1.165) is 6.07 Å². The summed E-state index contributed by atoms with van der Waals surface area (Å²) < 4.78 is 0. The van der Waals surface area contributed by atoms with Crippen molar-refractivity contribution in [3.05, 3.63) is 43.5 Å². The molecule has 0 saturated heterocycles. The average Bonchev–Trinajstić information content (AvgIpc) is 2.26. The van der Waals surface area contributed by atoms with Crippen molar-refractivity contribution in [3.8, 4) is 0 Å². The predicted octanol–water partition coefficient (Wildman–Crippen LogP) is 2.32. The van der Waals surface area contributed by atoms with Crippen LogP contribution < -0.4 is 0 Å². The van der Waals surface area contributed by atoms with Crippen LogP contribution in [0, 0.1) is 20.2 Å². The van der Waals surface area contributed by atoms with Crippen molar-refractivity contribution in [1.29, 1.82) is 0 Å². The summed E-state index contributed by atoms with van der Waals surface area (Å²) in [6, 6.07) is 1.68. The molecule has 0 aromatic heterocycles. The quantitative estimate of drug-likeness (QED) is 0.649. The molecular formula is C10H10N2O6. The smallest absolute Gasteiger partial charge is 0.342 e. The summed E-state index contributed by atoms with van der Waals surface area (Å²) in [5.41, 5.74) is -1.61. The van der Waals surface area contributed by atoms with E-state index in [1.54, 1.807) is 13.8 Å². The molecule has 1 N–H and O–H groups in total. The molecule has 0 heterocycles. The summed E-state index contributed by atoms with van der Waals surface area (Å²) in [5, 5.41) is 30.4. The van der Waals surface area contributed by atoms with Crippen LogP contribution in [0.4, 0.5) is 11.4 Å². The van der Waals surface area contributed by atoms with Gasteiger partial charge in [-0.05, 0) is 12.0 Å². The molecule has 18 heavy (non-hydrogen) atoms. The Balaban J connectivity index is 3.66. The van der Waals surface area contributed by atoms with Gasteiger partial charge < -0.3 is 5.11 Å². The van der Waals surface area contributed by atoms with Gasteiger partial charge in [0.2, 0.25) is 0 Å². The molecule has 8 heteroatoms. The van der Waals surface area contributed by atoms with E-state index >= 15 is 0 Å². The molecule has 1 aromatic rings. The van der Waals surface area contributed by atoms with E-state index < -0.39 is 32.8 Å². The first-order valence-electron chi connectivity index (χ1n) is 4.95. The Morgan fingerprint density at radius 2 is 1.67 bits per heavy atom.